The average molecular weight is 242 g/mol. The van der Waals surface area contributed by atoms with Crippen molar-refractivity contribution in [2.45, 2.75) is 31.8 Å². The van der Waals surface area contributed by atoms with E-state index in [1.165, 1.54) is 32.4 Å². The van der Waals surface area contributed by atoms with Gasteiger partial charge in [0, 0.05) is 6.54 Å². The fourth-order valence-electron chi connectivity index (χ4n) is 2.74. The van der Waals surface area contributed by atoms with Crippen LogP contribution in [-0.4, -0.2) is 57.6 Å². The third-order valence-electron chi connectivity index (χ3n) is 3.94. The summed E-state index contributed by atoms with van der Waals surface area (Å²) < 4.78 is 10.8. The van der Waals surface area contributed by atoms with Gasteiger partial charge in [-0.15, -0.1) is 0 Å². The lowest BCUT2D eigenvalue weighted by Gasteiger charge is -2.35. The van der Waals surface area contributed by atoms with E-state index in [2.05, 4.69) is 10.2 Å². The van der Waals surface area contributed by atoms with E-state index in [1.807, 2.05) is 7.05 Å². The fourth-order valence-corrected chi connectivity index (χ4v) is 2.74. The second-order valence-electron chi connectivity index (χ2n) is 5.24. The quantitative estimate of drug-likeness (QED) is 0.782. The van der Waals surface area contributed by atoms with Crippen molar-refractivity contribution in [3.8, 4) is 0 Å². The van der Waals surface area contributed by atoms with Gasteiger partial charge in [-0.25, -0.2) is 0 Å². The van der Waals surface area contributed by atoms with Crippen molar-refractivity contribution in [3.63, 3.8) is 0 Å². The maximum absolute atomic E-state index is 5.60. The summed E-state index contributed by atoms with van der Waals surface area (Å²) in [6.07, 6.45) is 5.49. The van der Waals surface area contributed by atoms with Crippen LogP contribution in [0.3, 0.4) is 0 Å². The second kappa shape index (κ2) is 7.31. The maximum atomic E-state index is 5.60. The Kier molecular flexibility index (Phi) is 5.71. The molecule has 2 rings (SSSR count). The average Bonchev–Trinajstić information content (AvgIpc) is 2.39. The van der Waals surface area contributed by atoms with Crippen LogP contribution in [0.5, 0.6) is 0 Å². The molecule has 0 saturated carbocycles. The van der Waals surface area contributed by atoms with E-state index in [9.17, 15) is 0 Å². The summed E-state index contributed by atoms with van der Waals surface area (Å²) in [5, 5.41) is 3.24. The Hall–Kier alpha value is -0.160. The monoisotopic (exact) mass is 242 g/mol. The van der Waals surface area contributed by atoms with E-state index < -0.39 is 0 Å². The van der Waals surface area contributed by atoms with Crippen LogP contribution >= 0.6 is 0 Å². The Bertz CT molecular complexity index is 200. The summed E-state index contributed by atoms with van der Waals surface area (Å²) in [6.45, 7) is 6.10. The molecule has 0 spiro atoms. The van der Waals surface area contributed by atoms with E-state index in [-0.39, 0.29) is 0 Å². The van der Waals surface area contributed by atoms with Crippen LogP contribution in [0.25, 0.3) is 0 Å². The van der Waals surface area contributed by atoms with Crippen molar-refractivity contribution in [2.24, 2.45) is 5.92 Å². The number of piperidine rings is 1. The first-order valence-electron chi connectivity index (χ1n) is 6.95. The molecule has 2 saturated heterocycles. The van der Waals surface area contributed by atoms with Crippen molar-refractivity contribution >= 4 is 0 Å². The van der Waals surface area contributed by atoms with Crippen molar-refractivity contribution in [1.82, 2.24) is 10.2 Å². The molecule has 1 N–H and O–H groups in total. The molecular weight excluding hydrogens is 216 g/mol. The molecule has 0 aromatic carbocycles. The highest BCUT2D eigenvalue weighted by Crippen LogP contribution is 2.21. The van der Waals surface area contributed by atoms with Crippen LogP contribution < -0.4 is 5.32 Å². The number of hydrogen-bond donors (Lipinski definition) is 1. The van der Waals surface area contributed by atoms with Gasteiger partial charge in [0.1, 0.15) is 6.79 Å². The van der Waals surface area contributed by atoms with Gasteiger partial charge in [-0.05, 0) is 58.3 Å². The second-order valence-corrected chi connectivity index (χ2v) is 5.24. The van der Waals surface area contributed by atoms with Gasteiger partial charge >= 0.3 is 0 Å². The first-order chi connectivity index (χ1) is 8.38. The molecule has 2 fully saturated rings. The van der Waals surface area contributed by atoms with Crippen LogP contribution in [0.15, 0.2) is 0 Å². The molecule has 1 atom stereocenters. The predicted octanol–water partition coefficient (Wildman–Crippen LogP) is 1.07. The number of rotatable bonds is 5. The Labute approximate surface area is 105 Å². The zero-order valence-electron chi connectivity index (χ0n) is 11.0. The maximum Gasteiger partial charge on any atom is 0.147 e. The molecule has 0 bridgehead atoms. The van der Waals surface area contributed by atoms with Crippen molar-refractivity contribution in [1.29, 1.82) is 0 Å². The van der Waals surface area contributed by atoms with E-state index in [0.29, 0.717) is 12.9 Å². The summed E-state index contributed by atoms with van der Waals surface area (Å²) in [5.74, 6) is 0.925. The predicted molar refractivity (Wildman–Crippen MR) is 68.0 cm³/mol. The van der Waals surface area contributed by atoms with Gasteiger partial charge in [0.2, 0.25) is 0 Å². The Morgan fingerprint density at radius 1 is 1.24 bits per heavy atom. The zero-order valence-corrected chi connectivity index (χ0v) is 11.0. The third-order valence-corrected chi connectivity index (χ3v) is 3.94. The molecule has 2 heterocycles. The van der Waals surface area contributed by atoms with Gasteiger partial charge in [0.15, 0.2) is 0 Å². The molecule has 4 nitrogen and oxygen atoms in total. The lowest BCUT2D eigenvalue weighted by molar-refractivity contribution is -0.145. The number of hydrogen-bond acceptors (Lipinski definition) is 4. The van der Waals surface area contributed by atoms with Crippen LogP contribution in [0.4, 0.5) is 0 Å². The van der Waals surface area contributed by atoms with Crippen LogP contribution in [0.1, 0.15) is 25.7 Å². The molecule has 0 aliphatic carbocycles. The number of nitrogens with one attached hydrogen (secondary N) is 1. The van der Waals surface area contributed by atoms with Crippen LogP contribution in [0, 0.1) is 5.92 Å². The molecule has 1 unspecified atom stereocenters. The van der Waals surface area contributed by atoms with Gasteiger partial charge in [0.05, 0.1) is 12.7 Å². The summed E-state index contributed by atoms with van der Waals surface area (Å²) in [4.78, 5) is 2.56. The SMILES string of the molecule is CNCCC1CCN(CC2CCOCO2)CC1. The zero-order chi connectivity index (χ0) is 11.9. The van der Waals surface area contributed by atoms with Gasteiger partial charge < -0.3 is 19.7 Å². The Morgan fingerprint density at radius 2 is 2.06 bits per heavy atom. The highest BCUT2D eigenvalue weighted by atomic mass is 16.7. The summed E-state index contributed by atoms with van der Waals surface area (Å²) in [6, 6.07) is 0. The van der Waals surface area contributed by atoms with Gasteiger partial charge in [-0.2, -0.15) is 0 Å². The van der Waals surface area contributed by atoms with E-state index in [0.717, 1.165) is 32.0 Å². The van der Waals surface area contributed by atoms with Crippen molar-refractivity contribution < 1.29 is 9.47 Å². The van der Waals surface area contributed by atoms with Crippen molar-refractivity contribution in [2.75, 3.05) is 46.6 Å². The molecule has 0 radical (unpaired) electrons. The number of ether oxygens (including phenoxy) is 2. The summed E-state index contributed by atoms with van der Waals surface area (Å²) >= 11 is 0. The minimum atomic E-state index is 0.401. The van der Waals surface area contributed by atoms with E-state index in [4.69, 9.17) is 9.47 Å². The molecule has 4 heteroatoms. The van der Waals surface area contributed by atoms with Gasteiger partial charge in [0.25, 0.3) is 0 Å². The standard InChI is InChI=1S/C13H26N2O2/c1-14-6-2-12-3-7-15(8-4-12)10-13-5-9-16-11-17-13/h12-14H,2-11H2,1H3. The Morgan fingerprint density at radius 3 is 2.71 bits per heavy atom. The minimum absolute atomic E-state index is 0.401. The van der Waals surface area contributed by atoms with E-state index in [1.54, 1.807) is 0 Å². The summed E-state index contributed by atoms with van der Waals surface area (Å²) in [7, 11) is 2.04. The lowest BCUT2D eigenvalue weighted by Crippen LogP contribution is -2.41. The molecule has 17 heavy (non-hydrogen) atoms. The molecule has 0 amide bonds. The number of nitrogens with zero attached hydrogens (tertiary/aromatic N) is 1. The van der Waals surface area contributed by atoms with Crippen molar-refractivity contribution in [3.05, 3.63) is 0 Å². The Balaban J connectivity index is 1.61. The fraction of sp³-hybridized carbons (Fsp3) is 1.00. The highest BCUT2D eigenvalue weighted by Gasteiger charge is 2.22. The molecule has 2 aliphatic rings. The molecule has 100 valence electrons. The third kappa shape index (κ3) is 4.54. The van der Waals surface area contributed by atoms with Gasteiger partial charge in [-0.3, -0.25) is 0 Å². The molecular formula is C13H26N2O2. The summed E-state index contributed by atoms with van der Waals surface area (Å²) in [5.41, 5.74) is 0. The topological polar surface area (TPSA) is 33.7 Å². The van der Waals surface area contributed by atoms with Gasteiger partial charge in [-0.1, -0.05) is 0 Å². The normalized spacial score (nSPS) is 28.4. The molecule has 0 aromatic heterocycles. The van der Waals surface area contributed by atoms with E-state index >= 15 is 0 Å². The minimum Gasteiger partial charge on any atom is -0.355 e. The largest absolute Gasteiger partial charge is 0.355 e. The first-order valence-corrected chi connectivity index (χ1v) is 6.95. The lowest BCUT2D eigenvalue weighted by atomic mass is 9.93. The molecule has 0 aromatic rings. The highest BCUT2D eigenvalue weighted by molar-refractivity contribution is 4.75. The van der Waals surface area contributed by atoms with Crippen LogP contribution in [0.2, 0.25) is 0 Å². The van der Waals surface area contributed by atoms with Crippen LogP contribution in [-0.2, 0) is 9.47 Å². The number of likely N-dealkylation sites (tertiary alicyclic amines) is 1. The first kappa shape index (κ1) is 13.3. The molecule has 2 aliphatic heterocycles. The smallest absolute Gasteiger partial charge is 0.147 e.